The lowest BCUT2D eigenvalue weighted by Gasteiger charge is -2.51. The molecule has 3 aliphatic rings. The van der Waals surface area contributed by atoms with Crippen molar-refractivity contribution in [3.8, 4) is 0 Å². The van der Waals surface area contributed by atoms with Crippen LogP contribution in [0, 0.1) is 16.6 Å². The molecule has 2 aromatic rings. The van der Waals surface area contributed by atoms with E-state index in [0.717, 1.165) is 43.2 Å². The molecule has 0 spiro atoms. The van der Waals surface area contributed by atoms with Crippen molar-refractivity contribution in [2.75, 3.05) is 13.1 Å². The fraction of sp³-hybridized carbons (Fsp3) is 0.419. The molecule has 0 saturated heterocycles. The number of halogens is 2. The van der Waals surface area contributed by atoms with Gasteiger partial charge < -0.3 is 10.0 Å². The van der Waals surface area contributed by atoms with E-state index in [-0.39, 0.29) is 22.3 Å². The van der Waals surface area contributed by atoms with Gasteiger partial charge in [-0.1, -0.05) is 81.1 Å². The van der Waals surface area contributed by atoms with E-state index in [2.05, 4.69) is 32.9 Å². The van der Waals surface area contributed by atoms with Crippen LogP contribution in [0.4, 0.5) is 4.39 Å². The van der Waals surface area contributed by atoms with Crippen LogP contribution in [0.3, 0.4) is 0 Å². The molecule has 0 radical (unpaired) electrons. The molecule has 1 heterocycles. The van der Waals surface area contributed by atoms with Gasteiger partial charge in [0.25, 0.3) is 0 Å². The lowest BCUT2D eigenvalue weighted by Crippen LogP contribution is -2.53. The fourth-order valence-corrected chi connectivity index (χ4v) is 7.46. The number of nitrogens with zero attached hydrogens (tertiary/aromatic N) is 1. The van der Waals surface area contributed by atoms with E-state index in [0.29, 0.717) is 18.1 Å². The van der Waals surface area contributed by atoms with Gasteiger partial charge in [0.05, 0.1) is 11.0 Å². The molecule has 2 aromatic carbocycles. The van der Waals surface area contributed by atoms with Crippen molar-refractivity contribution in [3.05, 3.63) is 87.7 Å². The number of aromatic carboxylic acids is 1. The topological polar surface area (TPSA) is 57.6 Å². The van der Waals surface area contributed by atoms with Crippen LogP contribution >= 0.6 is 11.6 Å². The number of hydrogen-bond acceptors (Lipinski definition) is 2. The first kappa shape index (κ1) is 25.7. The Bertz CT molecular complexity index is 1320. The predicted octanol–water partition coefficient (Wildman–Crippen LogP) is 7.28. The number of carboxylic acid groups (broad SMARTS) is 1. The molecule has 4 nitrogen and oxygen atoms in total. The summed E-state index contributed by atoms with van der Waals surface area (Å²) in [4.78, 5) is 27.5. The molecule has 37 heavy (non-hydrogen) atoms. The summed E-state index contributed by atoms with van der Waals surface area (Å²) in [5, 5.41) is 9.59. The Morgan fingerprint density at radius 2 is 1.68 bits per heavy atom. The van der Waals surface area contributed by atoms with Crippen molar-refractivity contribution in [2.24, 2.45) is 10.8 Å². The molecule has 6 heteroatoms. The number of rotatable bonds is 4. The van der Waals surface area contributed by atoms with E-state index in [9.17, 15) is 19.1 Å². The zero-order valence-corrected chi connectivity index (χ0v) is 22.4. The second-order valence-electron chi connectivity index (χ2n) is 11.6. The Balaban J connectivity index is 1.45. The molecule has 1 atom stereocenters. The maximum Gasteiger partial charge on any atom is 0.335 e. The van der Waals surface area contributed by atoms with Crippen LogP contribution in [-0.2, 0) is 10.2 Å². The van der Waals surface area contributed by atoms with Crippen molar-refractivity contribution in [3.63, 3.8) is 0 Å². The quantitative estimate of drug-likeness (QED) is 0.430. The van der Waals surface area contributed by atoms with Gasteiger partial charge in [-0.25, -0.2) is 9.18 Å². The van der Waals surface area contributed by atoms with Crippen molar-refractivity contribution in [1.82, 2.24) is 4.90 Å². The van der Waals surface area contributed by atoms with Crippen LogP contribution in [-0.4, -0.2) is 35.0 Å². The van der Waals surface area contributed by atoms with Crippen LogP contribution in [0.15, 0.2) is 60.2 Å². The Kier molecular flexibility index (Phi) is 6.34. The summed E-state index contributed by atoms with van der Waals surface area (Å²) < 4.78 is 13.8. The fourth-order valence-electron chi connectivity index (χ4n) is 7.11. The Hall–Kier alpha value is -2.92. The van der Waals surface area contributed by atoms with Gasteiger partial charge in [0.1, 0.15) is 5.82 Å². The number of hydrogen-bond donors (Lipinski definition) is 1. The molecule has 1 N–H and O–H groups in total. The number of carbonyl (C=O) groups excluding carboxylic acids is 1. The Morgan fingerprint density at radius 1 is 1.00 bits per heavy atom. The second kappa shape index (κ2) is 9.13. The zero-order valence-electron chi connectivity index (χ0n) is 21.6. The molecule has 1 saturated carbocycles. The summed E-state index contributed by atoms with van der Waals surface area (Å²) in [5.74, 6) is -1.23. The summed E-state index contributed by atoms with van der Waals surface area (Å²) >= 11 is 6.50. The number of benzene rings is 2. The molecular formula is C31H33ClFNO3. The number of carbonyl (C=O) groups is 2. The van der Waals surface area contributed by atoms with Crippen molar-refractivity contribution in [2.45, 2.75) is 58.3 Å². The van der Waals surface area contributed by atoms with Crippen molar-refractivity contribution < 1.29 is 19.1 Å². The molecule has 0 aromatic heterocycles. The van der Waals surface area contributed by atoms with Gasteiger partial charge in [0.2, 0.25) is 5.91 Å². The highest BCUT2D eigenvalue weighted by molar-refractivity contribution is 6.31. The minimum Gasteiger partial charge on any atom is -0.478 e. The molecule has 0 bridgehead atoms. The number of fused-ring (bicyclic) bond motifs is 1. The standard InChI is InChI=1S/C31H33ClFNO3/c1-29(2)23(20-6-8-21(9-7-20)27(35)36)12-16-30(3)19-34(17-13-26(29)30)28(37)31(14-4-5-15-31)24-11-10-22(33)18-25(24)32/h6-13,18H,4-5,14-17,19H2,1-3H3,(H,35,36)/t30-/m1/s1. The minimum absolute atomic E-state index is 0.0897. The second-order valence-corrected chi connectivity index (χ2v) is 12.0. The maximum absolute atomic E-state index is 14.2. The number of amides is 1. The highest BCUT2D eigenvalue weighted by Gasteiger charge is 2.51. The first-order valence-electron chi connectivity index (χ1n) is 13.0. The molecule has 1 amide bonds. The summed E-state index contributed by atoms with van der Waals surface area (Å²) in [6.45, 7) is 7.79. The third-order valence-electron chi connectivity index (χ3n) is 8.85. The van der Waals surface area contributed by atoms with Gasteiger partial charge in [-0.3, -0.25) is 4.79 Å². The minimum atomic E-state index is -0.933. The Labute approximate surface area is 222 Å². The maximum atomic E-state index is 14.2. The molecule has 2 aliphatic carbocycles. The smallest absolute Gasteiger partial charge is 0.335 e. The summed E-state index contributed by atoms with van der Waals surface area (Å²) in [7, 11) is 0. The van der Waals surface area contributed by atoms with Gasteiger partial charge in [-0.15, -0.1) is 0 Å². The average molecular weight is 522 g/mol. The SMILES string of the molecule is CC1(C)C(c2ccc(C(=O)O)cc2)=CC[C@]2(C)CN(C(=O)C3(c4ccc(F)cc4Cl)CCCC3)CC=C12. The van der Waals surface area contributed by atoms with E-state index in [1.165, 1.54) is 23.3 Å². The van der Waals surface area contributed by atoms with E-state index in [1.54, 1.807) is 18.2 Å². The van der Waals surface area contributed by atoms with E-state index in [4.69, 9.17) is 11.6 Å². The van der Waals surface area contributed by atoms with E-state index in [1.807, 2.05) is 17.0 Å². The third-order valence-corrected chi connectivity index (χ3v) is 9.17. The molecule has 1 aliphatic heterocycles. The highest BCUT2D eigenvalue weighted by atomic mass is 35.5. The number of carboxylic acids is 1. The Morgan fingerprint density at radius 3 is 2.30 bits per heavy atom. The van der Waals surface area contributed by atoms with Crippen LogP contribution in [0.1, 0.15) is 74.4 Å². The van der Waals surface area contributed by atoms with Gasteiger partial charge in [-0.05, 0) is 60.2 Å². The molecule has 1 fully saturated rings. The molecule has 5 rings (SSSR count). The summed E-state index contributed by atoms with van der Waals surface area (Å²) in [6, 6.07) is 11.5. The molecule has 194 valence electrons. The van der Waals surface area contributed by atoms with Gasteiger partial charge in [0, 0.05) is 28.9 Å². The normalized spacial score (nSPS) is 24.2. The third kappa shape index (κ3) is 4.21. The van der Waals surface area contributed by atoms with Gasteiger partial charge in [0.15, 0.2) is 0 Å². The lowest BCUT2D eigenvalue weighted by molar-refractivity contribution is -0.138. The average Bonchev–Trinajstić information content (AvgIpc) is 3.34. The molecule has 0 unspecified atom stereocenters. The highest BCUT2D eigenvalue weighted by Crippen LogP contribution is 2.56. The van der Waals surface area contributed by atoms with Crippen LogP contribution in [0.2, 0.25) is 5.02 Å². The first-order chi connectivity index (χ1) is 17.5. The van der Waals surface area contributed by atoms with Gasteiger partial charge in [-0.2, -0.15) is 0 Å². The van der Waals surface area contributed by atoms with E-state index < -0.39 is 17.2 Å². The first-order valence-corrected chi connectivity index (χ1v) is 13.4. The van der Waals surface area contributed by atoms with Crippen LogP contribution < -0.4 is 0 Å². The van der Waals surface area contributed by atoms with Crippen LogP contribution in [0.5, 0.6) is 0 Å². The largest absolute Gasteiger partial charge is 0.478 e. The lowest BCUT2D eigenvalue weighted by atomic mass is 9.58. The van der Waals surface area contributed by atoms with Crippen molar-refractivity contribution >= 4 is 29.1 Å². The predicted molar refractivity (Wildman–Crippen MR) is 144 cm³/mol. The summed E-state index contributed by atoms with van der Waals surface area (Å²) in [6.07, 6.45) is 8.60. The number of allylic oxidation sites excluding steroid dienone is 2. The monoisotopic (exact) mass is 521 g/mol. The zero-order chi connectivity index (χ0) is 26.6. The van der Waals surface area contributed by atoms with Crippen molar-refractivity contribution in [1.29, 1.82) is 0 Å². The summed E-state index contributed by atoms with van der Waals surface area (Å²) in [5.41, 5.74) is 3.34. The van der Waals surface area contributed by atoms with E-state index >= 15 is 0 Å². The van der Waals surface area contributed by atoms with Gasteiger partial charge >= 0.3 is 5.97 Å². The van der Waals surface area contributed by atoms with Crippen LogP contribution in [0.25, 0.3) is 5.57 Å². The molecular weight excluding hydrogens is 489 g/mol.